The number of esters is 2. The van der Waals surface area contributed by atoms with Crippen molar-refractivity contribution in [3.05, 3.63) is 93.3 Å². The number of carbonyl (C=O) groups is 4. The first-order valence-corrected chi connectivity index (χ1v) is 11.2. The van der Waals surface area contributed by atoms with Gasteiger partial charge in [0, 0.05) is 11.4 Å². The Labute approximate surface area is 203 Å². The first-order chi connectivity index (χ1) is 16.7. The maximum absolute atomic E-state index is 13.3. The molecular formula is C27H26N2O6. The molecule has 8 heteroatoms. The van der Waals surface area contributed by atoms with Gasteiger partial charge in [0.05, 0.1) is 41.8 Å². The Morgan fingerprint density at radius 3 is 2.06 bits per heavy atom. The minimum absolute atomic E-state index is 0.0777. The van der Waals surface area contributed by atoms with Crippen LogP contribution >= 0.6 is 0 Å². The van der Waals surface area contributed by atoms with Gasteiger partial charge in [-0.3, -0.25) is 14.5 Å². The molecule has 2 aliphatic heterocycles. The summed E-state index contributed by atoms with van der Waals surface area (Å²) in [6.07, 6.45) is 0. The van der Waals surface area contributed by atoms with E-state index in [4.69, 9.17) is 9.47 Å². The molecule has 0 radical (unpaired) electrons. The molecule has 2 amide bonds. The lowest BCUT2D eigenvalue weighted by atomic mass is 9.80. The predicted octanol–water partition coefficient (Wildman–Crippen LogP) is 3.24. The van der Waals surface area contributed by atoms with E-state index in [0.717, 1.165) is 16.0 Å². The van der Waals surface area contributed by atoms with Gasteiger partial charge < -0.3 is 14.8 Å². The molecule has 2 aromatic carbocycles. The van der Waals surface area contributed by atoms with Crippen LogP contribution in [0.5, 0.6) is 0 Å². The molecule has 0 fully saturated rings. The Bertz CT molecular complexity index is 1270. The van der Waals surface area contributed by atoms with Crippen molar-refractivity contribution >= 4 is 23.8 Å². The van der Waals surface area contributed by atoms with E-state index < -0.39 is 29.7 Å². The molecule has 1 atom stereocenters. The van der Waals surface area contributed by atoms with E-state index >= 15 is 0 Å². The molecule has 0 saturated carbocycles. The van der Waals surface area contributed by atoms with Crippen LogP contribution in [-0.2, 0) is 19.1 Å². The van der Waals surface area contributed by atoms with Gasteiger partial charge >= 0.3 is 11.9 Å². The van der Waals surface area contributed by atoms with Crippen molar-refractivity contribution in [1.29, 1.82) is 0 Å². The van der Waals surface area contributed by atoms with Gasteiger partial charge in [0.2, 0.25) is 0 Å². The third-order valence-electron chi connectivity index (χ3n) is 6.19. The van der Waals surface area contributed by atoms with E-state index in [0.29, 0.717) is 28.1 Å². The number of ether oxygens (including phenoxy) is 2. The number of aryl methyl sites for hydroxylation is 1. The van der Waals surface area contributed by atoms with Crippen LogP contribution < -0.4 is 5.32 Å². The molecule has 0 aliphatic carbocycles. The summed E-state index contributed by atoms with van der Waals surface area (Å²) in [4.78, 5) is 52.3. The monoisotopic (exact) mass is 474 g/mol. The zero-order valence-corrected chi connectivity index (χ0v) is 20.0. The van der Waals surface area contributed by atoms with Crippen LogP contribution in [-0.4, -0.2) is 48.9 Å². The van der Waals surface area contributed by atoms with Gasteiger partial charge in [-0.1, -0.05) is 42.0 Å². The van der Waals surface area contributed by atoms with Crippen LogP contribution in [0.3, 0.4) is 0 Å². The summed E-state index contributed by atoms with van der Waals surface area (Å²) in [7, 11) is 1.29. The SMILES string of the molecule is COC(=O)C1=C(C)NC(C)=C(C(=O)OCCN2C(=O)c3ccccc3C2=O)C1c1cccc(C)c1. The molecule has 8 nitrogen and oxygen atoms in total. The Kier molecular flexibility index (Phi) is 6.55. The lowest BCUT2D eigenvalue weighted by Gasteiger charge is -2.30. The number of nitrogens with one attached hydrogen (secondary N) is 1. The van der Waals surface area contributed by atoms with Crippen molar-refractivity contribution in [1.82, 2.24) is 10.2 Å². The molecule has 2 aromatic rings. The number of hydrogen-bond acceptors (Lipinski definition) is 7. The van der Waals surface area contributed by atoms with Crippen molar-refractivity contribution in [2.45, 2.75) is 26.7 Å². The van der Waals surface area contributed by atoms with E-state index in [2.05, 4.69) is 5.32 Å². The predicted molar refractivity (Wildman–Crippen MR) is 127 cm³/mol. The van der Waals surface area contributed by atoms with Crippen molar-refractivity contribution in [3.8, 4) is 0 Å². The average molecular weight is 475 g/mol. The topological polar surface area (TPSA) is 102 Å². The van der Waals surface area contributed by atoms with Gasteiger partial charge in [0.1, 0.15) is 6.61 Å². The number of fused-ring (bicyclic) bond motifs is 1. The number of carbonyl (C=O) groups excluding carboxylic acids is 4. The third-order valence-corrected chi connectivity index (χ3v) is 6.19. The van der Waals surface area contributed by atoms with Crippen molar-refractivity contribution in [2.75, 3.05) is 20.3 Å². The molecule has 2 aliphatic rings. The van der Waals surface area contributed by atoms with E-state index in [1.807, 2.05) is 31.2 Å². The van der Waals surface area contributed by atoms with Crippen LogP contribution in [0.2, 0.25) is 0 Å². The summed E-state index contributed by atoms with van der Waals surface area (Å²) in [5.41, 5.74) is 4.11. The van der Waals surface area contributed by atoms with E-state index in [-0.39, 0.29) is 18.7 Å². The molecule has 1 N–H and O–H groups in total. The lowest BCUT2D eigenvalue weighted by molar-refractivity contribution is -0.139. The van der Waals surface area contributed by atoms with E-state index in [1.165, 1.54) is 7.11 Å². The van der Waals surface area contributed by atoms with Gasteiger partial charge in [-0.15, -0.1) is 0 Å². The molecule has 0 spiro atoms. The highest BCUT2D eigenvalue weighted by Crippen LogP contribution is 2.39. The number of benzene rings is 2. The molecule has 2 heterocycles. The van der Waals surface area contributed by atoms with Crippen molar-refractivity contribution in [2.24, 2.45) is 0 Å². The molecule has 180 valence electrons. The number of rotatable bonds is 6. The molecule has 0 aromatic heterocycles. The summed E-state index contributed by atoms with van der Waals surface area (Å²) < 4.78 is 10.5. The molecule has 35 heavy (non-hydrogen) atoms. The highest BCUT2D eigenvalue weighted by Gasteiger charge is 2.39. The largest absolute Gasteiger partial charge is 0.466 e. The Hall–Kier alpha value is -4.20. The standard InChI is InChI=1S/C27H26N2O6/c1-15-8-7-9-18(14-15)23-21(26(32)34-4)16(2)28-17(3)22(23)27(33)35-13-12-29-24(30)19-10-5-6-11-20(19)25(29)31/h5-11,14,23,28H,12-13H2,1-4H3. The fourth-order valence-corrected chi connectivity index (χ4v) is 4.58. The van der Waals surface area contributed by atoms with Crippen LogP contribution in [0.1, 0.15) is 51.6 Å². The maximum Gasteiger partial charge on any atom is 0.336 e. The Morgan fingerprint density at radius 2 is 1.49 bits per heavy atom. The fourth-order valence-electron chi connectivity index (χ4n) is 4.58. The van der Waals surface area contributed by atoms with Gasteiger partial charge in [-0.25, -0.2) is 9.59 Å². The van der Waals surface area contributed by atoms with Crippen molar-refractivity contribution in [3.63, 3.8) is 0 Å². The van der Waals surface area contributed by atoms with Crippen LogP contribution in [0.4, 0.5) is 0 Å². The highest BCUT2D eigenvalue weighted by molar-refractivity contribution is 6.21. The smallest absolute Gasteiger partial charge is 0.336 e. The van der Waals surface area contributed by atoms with Crippen LogP contribution in [0.15, 0.2) is 71.1 Å². The lowest BCUT2D eigenvalue weighted by Crippen LogP contribution is -2.35. The van der Waals surface area contributed by atoms with E-state index in [9.17, 15) is 19.2 Å². The van der Waals surface area contributed by atoms with Crippen LogP contribution in [0.25, 0.3) is 0 Å². The first-order valence-electron chi connectivity index (χ1n) is 11.2. The van der Waals surface area contributed by atoms with Gasteiger partial charge in [-0.2, -0.15) is 0 Å². The number of imide groups is 1. The second-order valence-electron chi connectivity index (χ2n) is 8.48. The number of hydrogen-bond donors (Lipinski definition) is 1. The molecule has 0 saturated heterocycles. The number of amides is 2. The van der Waals surface area contributed by atoms with Gasteiger partial charge in [0.15, 0.2) is 0 Å². The quantitative estimate of drug-likeness (QED) is 0.507. The summed E-state index contributed by atoms with van der Waals surface area (Å²) >= 11 is 0. The fraction of sp³-hybridized carbons (Fsp3) is 0.259. The first kappa shape index (κ1) is 23.9. The van der Waals surface area contributed by atoms with Gasteiger partial charge in [-0.05, 0) is 38.5 Å². The summed E-state index contributed by atoms with van der Waals surface area (Å²) in [6.45, 7) is 5.16. The Balaban J connectivity index is 1.57. The molecular weight excluding hydrogens is 448 g/mol. The number of dihydropyridines is 1. The van der Waals surface area contributed by atoms with E-state index in [1.54, 1.807) is 38.1 Å². The second kappa shape index (κ2) is 9.58. The zero-order valence-electron chi connectivity index (χ0n) is 20.0. The molecule has 0 bridgehead atoms. The summed E-state index contributed by atoms with van der Waals surface area (Å²) in [5, 5.41) is 3.09. The maximum atomic E-state index is 13.3. The minimum atomic E-state index is -0.699. The number of methoxy groups -OCH3 is 1. The van der Waals surface area contributed by atoms with Crippen LogP contribution in [0, 0.1) is 6.92 Å². The molecule has 4 rings (SSSR count). The average Bonchev–Trinajstić information content (AvgIpc) is 3.08. The number of allylic oxidation sites excluding steroid dienone is 2. The minimum Gasteiger partial charge on any atom is -0.466 e. The number of nitrogens with zero attached hydrogens (tertiary/aromatic N) is 1. The van der Waals surface area contributed by atoms with Gasteiger partial charge in [0.25, 0.3) is 11.8 Å². The Morgan fingerprint density at radius 1 is 0.886 bits per heavy atom. The zero-order chi connectivity index (χ0) is 25.3. The summed E-state index contributed by atoms with van der Waals surface area (Å²) in [5.74, 6) is -2.73. The molecule has 1 unspecified atom stereocenters. The highest BCUT2D eigenvalue weighted by atomic mass is 16.5. The second-order valence-corrected chi connectivity index (χ2v) is 8.48. The summed E-state index contributed by atoms with van der Waals surface area (Å²) in [6, 6.07) is 14.1. The normalized spacial score (nSPS) is 17.4. The third kappa shape index (κ3) is 4.35. The van der Waals surface area contributed by atoms with Crippen molar-refractivity contribution < 1.29 is 28.7 Å².